The van der Waals surface area contributed by atoms with Crippen LogP contribution in [0.5, 0.6) is 11.5 Å². The largest absolute Gasteiger partial charge is 0.497 e. The van der Waals surface area contributed by atoms with Crippen LogP contribution in [0.25, 0.3) is 0 Å². The molecule has 0 aromatic heterocycles. The van der Waals surface area contributed by atoms with Crippen molar-refractivity contribution in [3.63, 3.8) is 0 Å². The van der Waals surface area contributed by atoms with E-state index in [0.717, 1.165) is 22.7 Å². The minimum absolute atomic E-state index is 0.544. The van der Waals surface area contributed by atoms with Crippen molar-refractivity contribution in [2.45, 2.75) is 6.54 Å². The van der Waals surface area contributed by atoms with Crippen LogP contribution >= 0.6 is 11.6 Å². The first-order valence-electron chi connectivity index (χ1n) is 6.31. The Morgan fingerprint density at radius 1 is 1.10 bits per heavy atom. The molecule has 0 saturated heterocycles. The van der Waals surface area contributed by atoms with E-state index < -0.39 is 0 Å². The van der Waals surface area contributed by atoms with E-state index in [2.05, 4.69) is 11.4 Å². The molecular formula is C16H15ClN2O2. The molecule has 2 rings (SSSR count). The number of nitrogens with zero attached hydrogens (tertiary/aromatic N) is 1. The van der Waals surface area contributed by atoms with Crippen molar-refractivity contribution in [1.29, 1.82) is 5.26 Å². The molecule has 0 radical (unpaired) electrons. The topological polar surface area (TPSA) is 54.3 Å². The lowest BCUT2D eigenvalue weighted by molar-refractivity contribution is 0.393. The van der Waals surface area contributed by atoms with Crippen molar-refractivity contribution < 1.29 is 9.47 Å². The molecule has 0 aliphatic carbocycles. The van der Waals surface area contributed by atoms with E-state index in [9.17, 15) is 0 Å². The molecule has 0 atom stereocenters. The molecule has 0 saturated carbocycles. The summed E-state index contributed by atoms with van der Waals surface area (Å²) < 4.78 is 10.5. The van der Waals surface area contributed by atoms with Crippen LogP contribution in [-0.4, -0.2) is 14.2 Å². The Kier molecular flexibility index (Phi) is 4.91. The van der Waals surface area contributed by atoms with Crippen LogP contribution in [0.1, 0.15) is 11.1 Å². The van der Waals surface area contributed by atoms with Gasteiger partial charge in [0.25, 0.3) is 0 Å². The first kappa shape index (κ1) is 15.0. The third-order valence-electron chi connectivity index (χ3n) is 2.99. The van der Waals surface area contributed by atoms with Crippen LogP contribution < -0.4 is 14.8 Å². The molecule has 108 valence electrons. The van der Waals surface area contributed by atoms with Gasteiger partial charge in [0, 0.05) is 12.6 Å². The number of anilines is 1. The van der Waals surface area contributed by atoms with E-state index in [4.69, 9.17) is 26.3 Å². The molecule has 0 aliphatic rings. The molecule has 2 aromatic rings. The molecule has 0 unspecified atom stereocenters. The Morgan fingerprint density at radius 3 is 2.33 bits per heavy atom. The Labute approximate surface area is 128 Å². The van der Waals surface area contributed by atoms with Crippen molar-refractivity contribution in [2.75, 3.05) is 19.5 Å². The number of nitriles is 1. The Bertz CT molecular complexity index is 658. The average molecular weight is 303 g/mol. The molecule has 0 bridgehead atoms. The van der Waals surface area contributed by atoms with Crippen LogP contribution in [0.4, 0.5) is 5.69 Å². The fourth-order valence-corrected chi connectivity index (χ4v) is 2.08. The van der Waals surface area contributed by atoms with E-state index in [1.165, 1.54) is 0 Å². The van der Waals surface area contributed by atoms with Crippen LogP contribution in [0.15, 0.2) is 36.4 Å². The monoisotopic (exact) mass is 302 g/mol. The first-order chi connectivity index (χ1) is 10.2. The SMILES string of the molecule is COc1cc(CNc2cc(C#N)ccc2Cl)cc(OC)c1. The second kappa shape index (κ2) is 6.87. The van der Waals surface area contributed by atoms with E-state index in [-0.39, 0.29) is 0 Å². The van der Waals surface area contributed by atoms with Crippen molar-refractivity contribution in [2.24, 2.45) is 0 Å². The molecule has 0 spiro atoms. The van der Waals surface area contributed by atoms with Gasteiger partial charge in [-0.25, -0.2) is 0 Å². The molecule has 1 N–H and O–H groups in total. The molecule has 0 heterocycles. The zero-order valence-corrected chi connectivity index (χ0v) is 12.6. The van der Waals surface area contributed by atoms with Gasteiger partial charge in [-0.15, -0.1) is 0 Å². The molecule has 0 amide bonds. The zero-order chi connectivity index (χ0) is 15.2. The number of nitrogens with one attached hydrogen (secondary N) is 1. The number of benzene rings is 2. The predicted octanol–water partition coefficient (Wildman–Crippen LogP) is 3.84. The number of rotatable bonds is 5. The summed E-state index contributed by atoms with van der Waals surface area (Å²) in [7, 11) is 3.22. The van der Waals surface area contributed by atoms with Gasteiger partial charge in [-0.2, -0.15) is 5.26 Å². The summed E-state index contributed by atoms with van der Waals surface area (Å²) in [5, 5.41) is 12.7. The van der Waals surface area contributed by atoms with Gasteiger partial charge in [-0.3, -0.25) is 0 Å². The molecule has 21 heavy (non-hydrogen) atoms. The maximum Gasteiger partial charge on any atom is 0.122 e. The summed E-state index contributed by atoms with van der Waals surface area (Å²) in [4.78, 5) is 0. The number of hydrogen-bond donors (Lipinski definition) is 1. The zero-order valence-electron chi connectivity index (χ0n) is 11.8. The quantitative estimate of drug-likeness (QED) is 0.911. The standard InChI is InChI=1S/C16H15ClN2O2/c1-20-13-5-12(6-14(8-13)21-2)10-19-16-7-11(9-18)3-4-15(16)17/h3-8,19H,10H2,1-2H3. The molecule has 5 heteroatoms. The lowest BCUT2D eigenvalue weighted by atomic mass is 10.1. The van der Waals surface area contributed by atoms with E-state index in [1.807, 2.05) is 18.2 Å². The summed E-state index contributed by atoms with van der Waals surface area (Å²) >= 11 is 6.12. The summed E-state index contributed by atoms with van der Waals surface area (Å²) in [5.74, 6) is 1.45. The van der Waals surface area contributed by atoms with Crippen LogP contribution in [0, 0.1) is 11.3 Å². The number of methoxy groups -OCH3 is 2. The highest BCUT2D eigenvalue weighted by Crippen LogP contribution is 2.26. The molecular weight excluding hydrogens is 288 g/mol. The number of halogens is 1. The van der Waals surface area contributed by atoms with Gasteiger partial charge in [0.15, 0.2) is 0 Å². The van der Waals surface area contributed by atoms with Crippen molar-refractivity contribution >= 4 is 17.3 Å². The van der Waals surface area contributed by atoms with E-state index in [0.29, 0.717) is 17.1 Å². The summed E-state index contributed by atoms with van der Waals surface area (Å²) in [6, 6.07) is 12.8. The highest BCUT2D eigenvalue weighted by Gasteiger charge is 2.05. The highest BCUT2D eigenvalue weighted by atomic mass is 35.5. The minimum Gasteiger partial charge on any atom is -0.497 e. The van der Waals surface area contributed by atoms with Gasteiger partial charge < -0.3 is 14.8 Å². The maximum atomic E-state index is 8.92. The normalized spacial score (nSPS) is 9.81. The van der Waals surface area contributed by atoms with E-state index >= 15 is 0 Å². The van der Waals surface area contributed by atoms with Gasteiger partial charge in [-0.1, -0.05) is 11.6 Å². The lowest BCUT2D eigenvalue weighted by Gasteiger charge is -2.11. The molecule has 0 fully saturated rings. The summed E-state index contributed by atoms with van der Waals surface area (Å²) in [6.45, 7) is 0.544. The number of hydrogen-bond acceptors (Lipinski definition) is 4. The Morgan fingerprint density at radius 2 is 1.76 bits per heavy atom. The molecule has 2 aromatic carbocycles. The summed E-state index contributed by atoms with van der Waals surface area (Å²) in [6.07, 6.45) is 0. The second-order valence-corrected chi connectivity index (χ2v) is 4.79. The van der Waals surface area contributed by atoms with Gasteiger partial charge in [-0.05, 0) is 35.9 Å². The maximum absolute atomic E-state index is 8.92. The van der Waals surface area contributed by atoms with Crippen LogP contribution in [0.2, 0.25) is 5.02 Å². The fourth-order valence-electron chi connectivity index (χ4n) is 1.90. The average Bonchev–Trinajstić information content (AvgIpc) is 2.53. The van der Waals surface area contributed by atoms with Crippen molar-refractivity contribution in [1.82, 2.24) is 0 Å². The lowest BCUT2D eigenvalue weighted by Crippen LogP contribution is -2.01. The van der Waals surface area contributed by atoms with Crippen molar-refractivity contribution in [3.8, 4) is 17.6 Å². The second-order valence-electron chi connectivity index (χ2n) is 4.38. The molecule has 4 nitrogen and oxygen atoms in total. The smallest absolute Gasteiger partial charge is 0.122 e. The van der Waals surface area contributed by atoms with Gasteiger partial charge >= 0.3 is 0 Å². The highest BCUT2D eigenvalue weighted by molar-refractivity contribution is 6.33. The van der Waals surface area contributed by atoms with Crippen molar-refractivity contribution in [3.05, 3.63) is 52.5 Å². The third kappa shape index (κ3) is 3.80. The van der Waals surface area contributed by atoms with Gasteiger partial charge in [0.05, 0.1) is 36.6 Å². The van der Waals surface area contributed by atoms with Gasteiger partial charge in [0.1, 0.15) is 11.5 Å². The van der Waals surface area contributed by atoms with Crippen LogP contribution in [0.3, 0.4) is 0 Å². The first-order valence-corrected chi connectivity index (χ1v) is 6.69. The Balaban J connectivity index is 2.18. The van der Waals surface area contributed by atoms with E-state index in [1.54, 1.807) is 32.4 Å². The van der Waals surface area contributed by atoms with Crippen LogP contribution in [-0.2, 0) is 6.54 Å². The fraction of sp³-hybridized carbons (Fsp3) is 0.188. The predicted molar refractivity (Wildman–Crippen MR) is 83.0 cm³/mol. The molecule has 0 aliphatic heterocycles. The minimum atomic E-state index is 0.544. The summed E-state index contributed by atoms with van der Waals surface area (Å²) in [5.41, 5.74) is 2.27. The third-order valence-corrected chi connectivity index (χ3v) is 3.32. The Hall–Kier alpha value is -2.38. The number of ether oxygens (including phenoxy) is 2. The van der Waals surface area contributed by atoms with Gasteiger partial charge in [0.2, 0.25) is 0 Å².